The van der Waals surface area contributed by atoms with Gasteiger partial charge < -0.3 is 10.6 Å². The van der Waals surface area contributed by atoms with E-state index >= 15 is 0 Å². The Kier molecular flexibility index (Phi) is 4.02. The van der Waals surface area contributed by atoms with Crippen LogP contribution in [-0.2, 0) is 0 Å². The quantitative estimate of drug-likeness (QED) is 0.658. The highest BCUT2D eigenvalue weighted by atomic mass is 16.6. The van der Waals surface area contributed by atoms with Crippen LogP contribution in [0.4, 0.5) is 5.69 Å². The normalized spacial score (nSPS) is 18.0. The number of nitrogens with zero attached hydrogens (tertiary/aromatic N) is 5. The monoisotopic (exact) mass is 316 g/mol. The number of benzene rings is 1. The third kappa shape index (κ3) is 3.19. The molecule has 0 radical (unpaired) electrons. The Morgan fingerprint density at radius 1 is 1.43 bits per heavy atom. The number of amides is 1. The maximum atomic E-state index is 12.4. The van der Waals surface area contributed by atoms with Gasteiger partial charge in [0.25, 0.3) is 11.6 Å². The van der Waals surface area contributed by atoms with Gasteiger partial charge in [-0.3, -0.25) is 14.9 Å². The Hall–Kier alpha value is -2.81. The van der Waals surface area contributed by atoms with Gasteiger partial charge in [0.05, 0.1) is 16.8 Å². The van der Waals surface area contributed by atoms with Crippen molar-refractivity contribution in [1.82, 2.24) is 19.9 Å². The van der Waals surface area contributed by atoms with E-state index in [0.29, 0.717) is 18.8 Å². The Bertz CT molecular complexity index is 744. The second-order valence-corrected chi connectivity index (χ2v) is 5.48. The number of carbonyl (C=O) groups excluding carboxylic acids is 1. The third-order valence-corrected chi connectivity index (χ3v) is 3.76. The van der Waals surface area contributed by atoms with Crippen LogP contribution in [0.2, 0.25) is 0 Å². The molecule has 1 aliphatic heterocycles. The maximum absolute atomic E-state index is 12.4. The molecule has 1 aliphatic rings. The molecule has 2 heterocycles. The molecule has 0 saturated carbocycles. The van der Waals surface area contributed by atoms with Crippen LogP contribution in [0.5, 0.6) is 0 Å². The molecule has 2 aromatic rings. The number of nitro groups is 1. The molecule has 0 spiro atoms. The topological polar surface area (TPSA) is 120 Å². The number of nitro benzene ring substituents is 1. The first-order valence-corrected chi connectivity index (χ1v) is 7.26. The molecule has 2 N–H and O–H groups in total. The number of nitrogens with two attached hydrogens (primary N) is 1. The van der Waals surface area contributed by atoms with Gasteiger partial charge in [0.15, 0.2) is 5.69 Å². The molecule has 1 unspecified atom stereocenters. The van der Waals surface area contributed by atoms with Gasteiger partial charge in [-0.1, -0.05) is 11.3 Å². The van der Waals surface area contributed by atoms with Crippen molar-refractivity contribution in [2.75, 3.05) is 13.1 Å². The lowest BCUT2D eigenvalue weighted by Crippen LogP contribution is -2.45. The summed E-state index contributed by atoms with van der Waals surface area (Å²) >= 11 is 0. The second-order valence-electron chi connectivity index (χ2n) is 5.48. The van der Waals surface area contributed by atoms with E-state index in [4.69, 9.17) is 5.73 Å². The van der Waals surface area contributed by atoms with Crippen LogP contribution in [0.1, 0.15) is 23.3 Å². The summed E-state index contributed by atoms with van der Waals surface area (Å²) in [6.45, 7) is 1.15. The van der Waals surface area contributed by atoms with Crippen molar-refractivity contribution in [1.29, 1.82) is 0 Å². The molecule has 1 fully saturated rings. The van der Waals surface area contributed by atoms with Crippen LogP contribution < -0.4 is 5.73 Å². The van der Waals surface area contributed by atoms with Gasteiger partial charge in [0, 0.05) is 31.3 Å². The summed E-state index contributed by atoms with van der Waals surface area (Å²) < 4.78 is 1.35. The fraction of sp³-hybridized carbons (Fsp3) is 0.357. The van der Waals surface area contributed by atoms with Crippen molar-refractivity contribution in [2.45, 2.75) is 18.9 Å². The van der Waals surface area contributed by atoms with E-state index in [0.717, 1.165) is 12.8 Å². The highest BCUT2D eigenvalue weighted by Gasteiger charge is 2.24. The fourth-order valence-electron chi connectivity index (χ4n) is 2.59. The Balaban J connectivity index is 1.81. The second kappa shape index (κ2) is 6.13. The van der Waals surface area contributed by atoms with Crippen molar-refractivity contribution >= 4 is 11.6 Å². The molecule has 23 heavy (non-hydrogen) atoms. The van der Waals surface area contributed by atoms with E-state index in [2.05, 4.69) is 10.3 Å². The van der Waals surface area contributed by atoms with Crippen LogP contribution >= 0.6 is 0 Å². The zero-order chi connectivity index (χ0) is 16.4. The number of aromatic nitrogens is 3. The number of non-ortho nitro benzene ring substituents is 1. The Labute approximate surface area is 131 Å². The zero-order valence-electron chi connectivity index (χ0n) is 12.3. The first kappa shape index (κ1) is 15.1. The zero-order valence-corrected chi connectivity index (χ0v) is 12.3. The summed E-state index contributed by atoms with van der Waals surface area (Å²) in [5.41, 5.74) is 6.51. The minimum atomic E-state index is -0.485. The van der Waals surface area contributed by atoms with E-state index in [1.165, 1.54) is 23.0 Å². The predicted octanol–water partition coefficient (Wildman–Crippen LogP) is 0.739. The summed E-state index contributed by atoms with van der Waals surface area (Å²) in [5, 5.41) is 18.6. The minimum absolute atomic E-state index is 0.0143. The van der Waals surface area contributed by atoms with Gasteiger partial charge in [-0.05, 0) is 18.9 Å². The van der Waals surface area contributed by atoms with Gasteiger partial charge in [-0.15, -0.1) is 5.10 Å². The van der Waals surface area contributed by atoms with Crippen molar-refractivity contribution in [2.24, 2.45) is 5.73 Å². The van der Waals surface area contributed by atoms with Crippen molar-refractivity contribution in [3.8, 4) is 5.69 Å². The lowest BCUT2D eigenvalue weighted by atomic mass is 10.1. The molecule has 3 rings (SSSR count). The van der Waals surface area contributed by atoms with E-state index in [1.807, 2.05) is 0 Å². The first-order valence-electron chi connectivity index (χ1n) is 7.26. The lowest BCUT2D eigenvalue weighted by Gasteiger charge is -2.29. The summed E-state index contributed by atoms with van der Waals surface area (Å²) in [7, 11) is 0. The average Bonchev–Trinajstić information content (AvgIpc) is 3.04. The number of rotatable bonds is 3. The lowest BCUT2D eigenvalue weighted by molar-refractivity contribution is -0.384. The van der Waals surface area contributed by atoms with Gasteiger partial charge in [0.1, 0.15) is 0 Å². The molecular weight excluding hydrogens is 300 g/mol. The van der Waals surface area contributed by atoms with E-state index in [9.17, 15) is 14.9 Å². The fourth-order valence-corrected chi connectivity index (χ4v) is 2.59. The summed E-state index contributed by atoms with van der Waals surface area (Å²) in [5.74, 6) is -0.225. The highest BCUT2D eigenvalue weighted by Crippen LogP contribution is 2.17. The average molecular weight is 316 g/mol. The van der Waals surface area contributed by atoms with Crippen LogP contribution in [0.3, 0.4) is 0 Å². The van der Waals surface area contributed by atoms with E-state index < -0.39 is 4.92 Å². The van der Waals surface area contributed by atoms with Crippen LogP contribution in [0, 0.1) is 10.1 Å². The molecule has 1 atom stereocenters. The SMILES string of the molecule is NC1CCCN(C(=O)c2cn(-c3cccc([N+](=O)[O-])c3)nn2)C1. The number of hydrogen-bond donors (Lipinski definition) is 1. The Morgan fingerprint density at radius 3 is 3.00 bits per heavy atom. The number of carbonyl (C=O) groups is 1. The molecule has 120 valence electrons. The number of likely N-dealkylation sites (tertiary alicyclic amines) is 1. The van der Waals surface area contributed by atoms with Crippen molar-refractivity contribution < 1.29 is 9.72 Å². The number of hydrogen-bond acceptors (Lipinski definition) is 6. The summed E-state index contributed by atoms with van der Waals surface area (Å²) in [6, 6.07) is 5.97. The summed E-state index contributed by atoms with van der Waals surface area (Å²) in [4.78, 5) is 24.4. The van der Waals surface area contributed by atoms with E-state index in [1.54, 1.807) is 17.0 Å². The van der Waals surface area contributed by atoms with E-state index in [-0.39, 0.29) is 23.3 Å². The van der Waals surface area contributed by atoms with Gasteiger partial charge in [-0.2, -0.15) is 0 Å². The Morgan fingerprint density at radius 2 is 2.26 bits per heavy atom. The molecule has 9 nitrogen and oxygen atoms in total. The van der Waals surface area contributed by atoms with Crippen LogP contribution in [-0.4, -0.2) is 49.9 Å². The minimum Gasteiger partial charge on any atom is -0.336 e. The molecular formula is C14H16N6O3. The standard InChI is InChI=1S/C14H16N6O3/c15-10-3-2-6-18(8-10)14(21)13-9-19(17-16-13)11-4-1-5-12(7-11)20(22)23/h1,4-5,7,9-10H,2-3,6,8,15H2. The van der Waals surface area contributed by atoms with Crippen LogP contribution in [0.25, 0.3) is 5.69 Å². The molecule has 1 aromatic carbocycles. The van der Waals surface area contributed by atoms with Gasteiger partial charge >= 0.3 is 0 Å². The van der Waals surface area contributed by atoms with Gasteiger partial charge in [0.2, 0.25) is 0 Å². The molecule has 0 bridgehead atoms. The largest absolute Gasteiger partial charge is 0.336 e. The third-order valence-electron chi connectivity index (χ3n) is 3.76. The molecule has 0 aliphatic carbocycles. The smallest absolute Gasteiger partial charge is 0.276 e. The summed E-state index contributed by atoms with van der Waals surface area (Å²) in [6.07, 6.45) is 3.25. The van der Waals surface area contributed by atoms with Crippen LogP contribution in [0.15, 0.2) is 30.5 Å². The van der Waals surface area contributed by atoms with Crippen molar-refractivity contribution in [3.05, 3.63) is 46.3 Å². The molecule has 1 aromatic heterocycles. The predicted molar refractivity (Wildman–Crippen MR) is 81.1 cm³/mol. The molecule has 9 heteroatoms. The highest BCUT2D eigenvalue weighted by molar-refractivity contribution is 5.92. The molecule has 1 amide bonds. The number of piperidine rings is 1. The first-order chi connectivity index (χ1) is 11.0. The molecule has 1 saturated heterocycles. The maximum Gasteiger partial charge on any atom is 0.276 e. The van der Waals surface area contributed by atoms with Gasteiger partial charge in [-0.25, -0.2) is 4.68 Å². The van der Waals surface area contributed by atoms with Crippen molar-refractivity contribution in [3.63, 3.8) is 0 Å².